The van der Waals surface area contributed by atoms with Crippen molar-refractivity contribution in [3.05, 3.63) is 70.5 Å². The van der Waals surface area contributed by atoms with E-state index in [0.29, 0.717) is 5.39 Å². The zero-order valence-electron chi connectivity index (χ0n) is 12.0. The van der Waals surface area contributed by atoms with Gasteiger partial charge in [0.2, 0.25) is 0 Å². The van der Waals surface area contributed by atoms with Gasteiger partial charge in [0.1, 0.15) is 0 Å². The highest BCUT2D eigenvalue weighted by Crippen LogP contribution is 2.33. The summed E-state index contributed by atoms with van der Waals surface area (Å²) < 4.78 is 1.63. The fourth-order valence-electron chi connectivity index (χ4n) is 2.25. The van der Waals surface area contributed by atoms with E-state index in [-0.39, 0.29) is 10.8 Å². The molecule has 0 bridgehead atoms. The molecule has 0 amide bonds. The van der Waals surface area contributed by atoms with Crippen LogP contribution >= 0.6 is 11.8 Å². The van der Waals surface area contributed by atoms with E-state index in [4.69, 9.17) is 0 Å². The van der Waals surface area contributed by atoms with Gasteiger partial charge in [-0.05, 0) is 24.6 Å². The first kappa shape index (κ1) is 13.9. The van der Waals surface area contributed by atoms with Crippen LogP contribution in [0.25, 0.3) is 10.9 Å². The number of fused-ring (bicyclic) bond motifs is 1. The number of thioether (sulfide) groups is 1. The lowest BCUT2D eigenvalue weighted by atomic mass is 10.2. The van der Waals surface area contributed by atoms with Crippen molar-refractivity contribution in [2.75, 3.05) is 0 Å². The summed E-state index contributed by atoms with van der Waals surface area (Å²) >= 11 is 1.60. The Morgan fingerprint density at radius 3 is 2.48 bits per heavy atom. The van der Waals surface area contributed by atoms with Gasteiger partial charge in [-0.1, -0.05) is 54.2 Å². The largest absolute Gasteiger partial charge is 0.290 e. The lowest BCUT2D eigenvalue weighted by Gasteiger charge is -2.14. The van der Waals surface area contributed by atoms with Crippen LogP contribution < -0.4 is 5.56 Å². The fraction of sp³-hybridized carbons (Fsp3) is 0.176. The Morgan fingerprint density at radius 2 is 1.71 bits per heavy atom. The Morgan fingerprint density at radius 1 is 1.05 bits per heavy atom. The molecule has 0 fully saturated rings. The van der Waals surface area contributed by atoms with Crippen molar-refractivity contribution in [2.24, 2.45) is 7.05 Å². The van der Waals surface area contributed by atoms with Gasteiger partial charge in [0.25, 0.3) is 5.56 Å². The first-order valence-corrected chi connectivity index (χ1v) is 7.72. The van der Waals surface area contributed by atoms with Crippen molar-refractivity contribution in [2.45, 2.75) is 17.3 Å². The topological polar surface area (TPSA) is 34.9 Å². The Kier molecular flexibility index (Phi) is 3.80. The van der Waals surface area contributed by atoms with E-state index in [1.54, 1.807) is 23.4 Å². The molecule has 3 rings (SSSR count). The third-order valence-electron chi connectivity index (χ3n) is 3.49. The Labute approximate surface area is 127 Å². The van der Waals surface area contributed by atoms with Crippen molar-refractivity contribution >= 4 is 22.7 Å². The molecule has 0 aliphatic heterocycles. The molecule has 3 nitrogen and oxygen atoms in total. The highest BCUT2D eigenvalue weighted by Gasteiger charge is 2.13. The molecule has 0 aliphatic rings. The normalized spacial score (nSPS) is 12.5. The van der Waals surface area contributed by atoms with Crippen LogP contribution in [0.3, 0.4) is 0 Å². The molecule has 4 heteroatoms. The molecule has 0 aliphatic carbocycles. The standard InChI is InChI=1S/C17H16N2OS/c1-12(13-8-4-3-5-9-13)21-17-18-15-11-7-6-10-14(15)16(20)19(17)2/h3-12H,1-2H3. The van der Waals surface area contributed by atoms with Crippen molar-refractivity contribution in [1.29, 1.82) is 0 Å². The molecule has 0 spiro atoms. The summed E-state index contributed by atoms with van der Waals surface area (Å²) in [6.45, 7) is 2.13. The number of benzene rings is 2. The number of aromatic nitrogens is 2. The monoisotopic (exact) mass is 296 g/mol. The number of nitrogens with zero attached hydrogens (tertiary/aromatic N) is 2. The van der Waals surface area contributed by atoms with Crippen LogP contribution in [0.15, 0.2) is 64.5 Å². The maximum absolute atomic E-state index is 12.4. The summed E-state index contributed by atoms with van der Waals surface area (Å²) in [6.07, 6.45) is 0. The molecule has 3 aromatic rings. The minimum atomic E-state index is 0.00311. The van der Waals surface area contributed by atoms with Gasteiger partial charge >= 0.3 is 0 Å². The van der Waals surface area contributed by atoms with Gasteiger partial charge in [-0.15, -0.1) is 0 Å². The van der Waals surface area contributed by atoms with E-state index in [1.807, 2.05) is 42.5 Å². The van der Waals surface area contributed by atoms with E-state index in [1.165, 1.54) is 5.56 Å². The molecule has 0 N–H and O–H groups in total. The third kappa shape index (κ3) is 2.72. The second-order valence-corrected chi connectivity index (χ2v) is 6.25. The summed E-state index contributed by atoms with van der Waals surface area (Å²) in [7, 11) is 1.78. The molecule has 0 saturated heterocycles. The van der Waals surface area contributed by atoms with E-state index in [2.05, 4.69) is 24.0 Å². The highest BCUT2D eigenvalue weighted by atomic mass is 32.2. The minimum absolute atomic E-state index is 0.00311. The molecule has 1 atom stereocenters. The fourth-order valence-corrected chi connectivity index (χ4v) is 3.25. The Bertz CT molecular complexity index is 827. The Balaban J connectivity index is 2.01. The number of para-hydroxylation sites is 1. The van der Waals surface area contributed by atoms with E-state index >= 15 is 0 Å². The van der Waals surface area contributed by atoms with E-state index in [0.717, 1.165) is 10.7 Å². The maximum Gasteiger partial charge on any atom is 0.261 e. The van der Waals surface area contributed by atoms with Crippen LogP contribution in [0.4, 0.5) is 0 Å². The third-order valence-corrected chi connectivity index (χ3v) is 4.69. The number of hydrogen-bond donors (Lipinski definition) is 0. The van der Waals surface area contributed by atoms with Crippen LogP contribution in [0.2, 0.25) is 0 Å². The molecular weight excluding hydrogens is 280 g/mol. The Hall–Kier alpha value is -2.07. The average molecular weight is 296 g/mol. The van der Waals surface area contributed by atoms with Crippen LogP contribution in [0.1, 0.15) is 17.7 Å². The lowest BCUT2D eigenvalue weighted by Crippen LogP contribution is -2.20. The van der Waals surface area contributed by atoms with Gasteiger partial charge in [0.05, 0.1) is 10.9 Å². The van der Waals surface area contributed by atoms with Gasteiger partial charge in [-0.3, -0.25) is 9.36 Å². The predicted molar refractivity (Wildman–Crippen MR) is 87.7 cm³/mol. The zero-order valence-corrected chi connectivity index (χ0v) is 12.8. The van der Waals surface area contributed by atoms with Crippen molar-refractivity contribution in [1.82, 2.24) is 9.55 Å². The first-order valence-electron chi connectivity index (χ1n) is 6.84. The van der Waals surface area contributed by atoms with Crippen molar-refractivity contribution in [3.63, 3.8) is 0 Å². The molecule has 21 heavy (non-hydrogen) atoms. The second kappa shape index (κ2) is 5.74. The van der Waals surface area contributed by atoms with Gasteiger partial charge in [-0.25, -0.2) is 4.98 Å². The zero-order chi connectivity index (χ0) is 14.8. The van der Waals surface area contributed by atoms with Gasteiger partial charge in [0.15, 0.2) is 5.16 Å². The second-order valence-electron chi connectivity index (χ2n) is 4.95. The first-order chi connectivity index (χ1) is 10.2. The smallest absolute Gasteiger partial charge is 0.261 e. The average Bonchev–Trinajstić information content (AvgIpc) is 2.53. The summed E-state index contributed by atoms with van der Waals surface area (Å²) in [5, 5.41) is 1.65. The van der Waals surface area contributed by atoms with E-state index < -0.39 is 0 Å². The van der Waals surface area contributed by atoms with Gasteiger partial charge in [-0.2, -0.15) is 0 Å². The molecular formula is C17H16N2OS. The minimum Gasteiger partial charge on any atom is -0.290 e. The predicted octanol–water partition coefficient (Wildman–Crippen LogP) is 3.79. The SMILES string of the molecule is CC(Sc1nc2ccccc2c(=O)n1C)c1ccccc1. The number of hydrogen-bond acceptors (Lipinski definition) is 3. The molecule has 1 aromatic heterocycles. The van der Waals surface area contributed by atoms with Crippen LogP contribution in [-0.4, -0.2) is 9.55 Å². The molecule has 2 aromatic carbocycles. The summed E-state index contributed by atoms with van der Waals surface area (Å²) in [5.74, 6) is 0. The van der Waals surface area contributed by atoms with Crippen molar-refractivity contribution in [3.8, 4) is 0 Å². The molecule has 0 saturated carbocycles. The molecule has 106 valence electrons. The van der Waals surface area contributed by atoms with Crippen molar-refractivity contribution < 1.29 is 0 Å². The molecule has 1 heterocycles. The molecule has 1 unspecified atom stereocenters. The summed E-state index contributed by atoms with van der Waals surface area (Å²) in [4.78, 5) is 17.0. The lowest BCUT2D eigenvalue weighted by molar-refractivity contribution is 0.724. The quantitative estimate of drug-likeness (QED) is 0.545. The van der Waals surface area contributed by atoms with Crippen LogP contribution in [0, 0.1) is 0 Å². The molecule has 0 radical (unpaired) electrons. The maximum atomic E-state index is 12.4. The van der Waals surface area contributed by atoms with Gasteiger partial charge < -0.3 is 0 Å². The summed E-state index contributed by atoms with van der Waals surface area (Å²) in [5.41, 5.74) is 1.98. The number of rotatable bonds is 3. The van der Waals surface area contributed by atoms with Gasteiger partial charge in [0, 0.05) is 12.3 Å². The van der Waals surface area contributed by atoms with Crippen LogP contribution in [0.5, 0.6) is 0 Å². The van der Waals surface area contributed by atoms with E-state index in [9.17, 15) is 4.79 Å². The summed E-state index contributed by atoms with van der Waals surface area (Å²) in [6, 6.07) is 17.7. The van der Waals surface area contributed by atoms with Crippen LogP contribution in [-0.2, 0) is 7.05 Å². The highest BCUT2D eigenvalue weighted by molar-refractivity contribution is 7.99.